The van der Waals surface area contributed by atoms with Crippen LogP contribution in [0.2, 0.25) is 0 Å². The van der Waals surface area contributed by atoms with Crippen molar-refractivity contribution in [2.24, 2.45) is 11.8 Å². The molecule has 1 aliphatic heterocycles. The summed E-state index contributed by atoms with van der Waals surface area (Å²) < 4.78 is 2.00. The summed E-state index contributed by atoms with van der Waals surface area (Å²) in [5, 5.41) is 10.3. The number of aliphatic carboxylic acids is 1. The second-order valence-corrected chi connectivity index (χ2v) is 6.15. The van der Waals surface area contributed by atoms with Gasteiger partial charge in [0, 0.05) is 24.3 Å². The molecule has 1 aliphatic rings. The molecule has 2 atom stereocenters. The third kappa shape index (κ3) is 2.47. The van der Waals surface area contributed by atoms with E-state index in [-0.39, 0.29) is 18.4 Å². The van der Waals surface area contributed by atoms with Crippen LogP contribution in [-0.2, 0) is 16.1 Å². The molecule has 0 saturated carbocycles. The first-order valence-electron chi connectivity index (χ1n) is 7.53. The Labute approximate surface area is 129 Å². The van der Waals surface area contributed by atoms with Crippen LogP contribution < -0.4 is 0 Å². The third-order valence-electron chi connectivity index (χ3n) is 4.59. The normalized spacial score (nSPS) is 21.5. The van der Waals surface area contributed by atoms with E-state index in [0.717, 1.165) is 16.6 Å². The predicted octanol–water partition coefficient (Wildman–Crippen LogP) is 2.13. The van der Waals surface area contributed by atoms with E-state index in [1.54, 1.807) is 4.90 Å². The molecule has 22 heavy (non-hydrogen) atoms. The molecule has 2 aromatic rings. The summed E-state index contributed by atoms with van der Waals surface area (Å²) in [6.07, 6.45) is 0. The van der Waals surface area contributed by atoms with Crippen molar-refractivity contribution in [2.45, 2.75) is 20.4 Å². The van der Waals surface area contributed by atoms with E-state index in [0.29, 0.717) is 13.1 Å². The number of hydrogen-bond acceptors (Lipinski definition) is 2. The third-order valence-corrected chi connectivity index (χ3v) is 4.59. The molecule has 0 aliphatic carbocycles. The molecule has 5 heteroatoms. The lowest BCUT2D eigenvalue weighted by molar-refractivity contribution is -0.142. The second-order valence-electron chi connectivity index (χ2n) is 6.15. The smallest absolute Gasteiger partial charge is 0.308 e. The molecular formula is C17H20N2O3. The molecule has 1 aromatic carbocycles. The molecule has 1 saturated heterocycles. The largest absolute Gasteiger partial charge is 0.481 e. The molecular weight excluding hydrogens is 280 g/mol. The molecule has 5 nitrogen and oxygen atoms in total. The van der Waals surface area contributed by atoms with E-state index in [1.165, 1.54) is 0 Å². The molecule has 1 amide bonds. The van der Waals surface area contributed by atoms with Gasteiger partial charge in [-0.25, -0.2) is 0 Å². The quantitative estimate of drug-likeness (QED) is 0.944. The van der Waals surface area contributed by atoms with Gasteiger partial charge in [-0.3, -0.25) is 9.59 Å². The Morgan fingerprint density at radius 2 is 2.00 bits per heavy atom. The number of nitrogens with zero attached hydrogens (tertiary/aromatic N) is 2. The number of likely N-dealkylation sites (tertiary alicyclic amines) is 1. The van der Waals surface area contributed by atoms with Crippen molar-refractivity contribution in [3.63, 3.8) is 0 Å². The van der Waals surface area contributed by atoms with Gasteiger partial charge in [0.25, 0.3) is 0 Å². The Morgan fingerprint density at radius 3 is 2.68 bits per heavy atom. The number of aryl methyl sites for hydroxylation is 1. The Kier molecular flexibility index (Phi) is 3.64. The summed E-state index contributed by atoms with van der Waals surface area (Å²) in [5.74, 6) is -1.28. The number of rotatable bonds is 3. The molecule has 0 spiro atoms. The molecule has 1 aromatic heterocycles. The summed E-state index contributed by atoms with van der Waals surface area (Å²) in [6.45, 7) is 4.97. The van der Waals surface area contributed by atoms with Crippen LogP contribution >= 0.6 is 0 Å². The van der Waals surface area contributed by atoms with Crippen molar-refractivity contribution in [3.8, 4) is 0 Å². The first kappa shape index (κ1) is 14.6. The number of hydrogen-bond donors (Lipinski definition) is 1. The first-order chi connectivity index (χ1) is 10.5. The number of para-hydroxylation sites is 1. The van der Waals surface area contributed by atoms with Crippen LogP contribution in [0.25, 0.3) is 10.9 Å². The van der Waals surface area contributed by atoms with Gasteiger partial charge >= 0.3 is 5.97 Å². The zero-order chi connectivity index (χ0) is 15.9. The molecule has 3 rings (SSSR count). The number of carboxylic acids is 1. The van der Waals surface area contributed by atoms with Crippen LogP contribution in [0.1, 0.15) is 12.6 Å². The van der Waals surface area contributed by atoms with E-state index in [1.807, 2.05) is 42.7 Å². The van der Waals surface area contributed by atoms with Crippen LogP contribution in [0.4, 0.5) is 0 Å². The zero-order valence-electron chi connectivity index (χ0n) is 12.8. The first-order valence-corrected chi connectivity index (χ1v) is 7.53. The number of carbonyl (C=O) groups excluding carboxylic acids is 1. The molecule has 2 heterocycles. The van der Waals surface area contributed by atoms with E-state index in [4.69, 9.17) is 0 Å². The van der Waals surface area contributed by atoms with Gasteiger partial charge in [-0.05, 0) is 30.4 Å². The summed E-state index contributed by atoms with van der Waals surface area (Å²) in [4.78, 5) is 25.4. The highest BCUT2D eigenvalue weighted by Gasteiger charge is 2.36. The average Bonchev–Trinajstić information content (AvgIpc) is 3.00. The highest BCUT2D eigenvalue weighted by molar-refractivity contribution is 5.85. The standard InChI is InChI=1S/C17H20N2O3/c1-11-8-18(9-14(11)17(21)22)16(20)10-19-12(2)7-13-5-3-4-6-15(13)19/h3-7,11,14H,8-10H2,1-2H3,(H,21,22)/t11-,14-/m1/s1. The van der Waals surface area contributed by atoms with Crippen LogP contribution in [-0.4, -0.2) is 39.5 Å². The van der Waals surface area contributed by atoms with Crippen LogP contribution in [0.5, 0.6) is 0 Å². The summed E-state index contributed by atoms with van der Waals surface area (Å²) >= 11 is 0. The maximum Gasteiger partial charge on any atom is 0.308 e. The fourth-order valence-electron chi connectivity index (χ4n) is 3.29. The van der Waals surface area contributed by atoms with E-state index in [9.17, 15) is 14.7 Å². The summed E-state index contributed by atoms with van der Waals surface area (Å²) in [7, 11) is 0. The number of benzene rings is 1. The van der Waals surface area contributed by atoms with Crippen molar-refractivity contribution < 1.29 is 14.7 Å². The maximum absolute atomic E-state index is 12.5. The molecule has 0 bridgehead atoms. The molecule has 0 unspecified atom stereocenters. The van der Waals surface area contributed by atoms with Crippen molar-refractivity contribution >= 4 is 22.8 Å². The monoisotopic (exact) mass is 300 g/mol. The minimum absolute atomic E-state index is 0.00366. The highest BCUT2D eigenvalue weighted by atomic mass is 16.4. The number of amides is 1. The number of fused-ring (bicyclic) bond motifs is 1. The molecule has 116 valence electrons. The Morgan fingerprint density at radius 1 is 1.27 bits per heavy atom. The Balaban J connectivity index is 1.80. The minimum Gasteiger partial charge on any atom is -0.481 e. The van der Waals surface area contributed by atoms with Crippen molar-refractivity contribution in [3.05, 3.63) is 36.0 Å². The van der Waals surface area contributed by atoms with Gasteiger partial charge in [-0.1, -0.05) is 25.1 Å². The van der Waals surface area contributed by atoms with Gasteiger partial charge in [-0.15, -0.1) is 0 Å². The highest BCUT2D eigenvalue weighted by Crippen LogP contribution is 2.24. The Hall–Kier alpha value is -2.30. The van der Waals surface area contributed by atoms with Crippen molar-refractivity contribution in [1.82, 2.24) is 9.47 Å². The minimum atomic E-state index is -0.814. The van der Waals surface area contributed by atoms with Crippen molar-refractivity contribution in [2.75, 3.05) is 13.1 Å². The average molecular weight is 300 g/mol. The van der Waals surface area contributed by atoms with E-state index < -0.39 is 11.9 Å². The number of carboxylic acid groups (broad SMARTS) is 1. The number of aromatic nitrogens is 1. The molecule has 0 radical (unpaired) electrons. The topological polar surface area (TPSA) is 62.5 Å². The van der Waals surface area contributed by atoms with Gasteiger partial charge in [0.15, 0.2) is 0 Å². The predicted molar refractivity (Wildman–Crippen MR) is 83.5 cm³/mol. The van der Waals surface area contributed by atoms with Gasteiger partial charge in [0.2, 0.25) is 5.91 Å². The van der Waals surface area contributed by atoms with Gasteiger partial charge < -0.3 is 14.6 Å². The molecule has 1 N–H and O–H groups in total. The Bertz CT molecular complexity index is 735. The number of carbonyl (C=O) groups is 2. The fourth-order valence-corrected chi connectivity index (χ4v) is 3.29. The summed E-state index contributed by atoms with van der Waals surface area (Å²) in [5.41, 5.74) is 2.08. The lowest BCUT2D eigenvalue weighted by Gasteiger charge is -2.17. The van der Waals surface area contributed by atoms with Crippen LogP contribution in [0.15, 0.2) is 30.3 Å². The van der Waals surface area contributed by atoms with Crippen LogP contribution in [0.3, 0.4) is 0 Å². The van der Waals surface area contributed by atoms with E-state index in [2.05, 4.69) is 6.07 Å². The van der Waals surface area contributed by atoms with Gasteiger partial charge in [-0.2, -0.15) is 0 Å². The second kappa shape index (κ2) is 5.48. The zero-order valence-corrected chi connectivity index (χ0v) is 12.8. The van der Waals surface area contributed by atoms with Gasteiger partial charge in [0.05, 0.1) is 5.92 Å². The van der Waals surface area contributed by atoms with Crippen molar-refractivity contribution in [1.29, 1.82) is 0 Å². The maximum atomic E-state index is 12.5. The fraction of sp³-hybridized carbons (Fsp3) is 0.412. The summed E-state index contributed by atoms with van der Waals surface area (Å²) in [6, 6.07) is 10.0. The van der Waals surface area contributed by atoms with Crippen LogP contribution in [0, 0.1) is 18.8 Å². The SMILES string of the molecule is Cc1cc2ccccc2n1CC(=O)N1C[C@@H](C)[C@H](C(=O)O)C1. The molecule has 1 fully saturated rings. The van der Waals surface area contributed by atoms with E-state index >= 15 is 0 Å². The lowest BCUT2D eigenvalue weighted by Crippen LogP contribution is -2.33. The van der Waals surface area contributed by atoms with Gasteiger partial charge in [0.1, 0.15) is 6.54 Å². The lowest BCUT2D eigenvalue weighted by atomic mass is 9.99.